The topological polar surface area (TPSA) is 42.2 Å². The van der Waals surface area contributed by atoms with Gasteiger partial charge in [0.1, 0.15) is 5.52 Å². The fourth-order valence-corrected chi connectivity index (χ4v) is 2.35. The summed E-state index contributed by atoms with van der Waals surface area (Å²) in [6.45, 7) is 8.90. The van der Waals surface area contributed by atoms with Crippen LogP contribution in [0.3, 0.4) is 0 Å². The molecule has 0 aliphatic rings. The van der Waals surface area contributed by atoms with Gasteiger partial charge in [0.15, 0.2) is 5.82 Å². The molecule has 0 saturated heterocycles. The third-order valence-electron chi connectivity index (χ3n) is 2.77. The van der Waals surface area contributed by atoms with Crippen molar-refractivity contribution in [2.24, 2.45) is 0 Å². The fraction of sp³-hybridized carbons (Fsp3) is 0.429. The highest BCUT2D eigenvalue weighted by molar-refractivity contribution is 7.99. The van der Waals surface area contributed by atoms with Gasteiger partial charge >= 0.3 is 0 Å². The molecule has 0 bridgehead atoms. The second-order valence-corrected chi connectivity index (χ2v) is 5.77. The monoisotopic (exact) mass is 276 g/mol. The van der Waals surface area contributed by atoms with E-state index in [2.05, 4.69) is 41.9 Å². The van der Waals surface area contributed by atoms with Crippen LogP contribution >= 0.6 is 11.8 Å². The van der Waals surface area contributed by atoms with Crippen molar-refractivity contribution < 1.29 is 0 Å². The number of hydrogen-bond donors (Lipinski definition) is 1. The van der Waals surface area contributed by atoms with Crippen LogP contribution in [0.1, 0.15) is 25.5 Å². The first-order valence-electron chi connectivity index (χ1n) is 6.49. The molecule has 102 valence electrons. The smallest absolute Gasteiger partial charge is 0.152 e. The molecule has 2 rings (SSSR count). The Balaban J connectivity index is 2.07. The average Bonchev–Trinajstić information content (AvgIpc) is 2.83. The Bertz CT molecular complexity index is 547. The number of rotatable bonds is 7. The third kappa shape index (κ3) is 3.50. The predicted octanol–water partition coefficient (Wildman–Crippen LogP) is 3.18. The first kappa shape index (κ1) is 13.9. The van der Waals surface area contributed by atoms with Gasteiger partial charge in [-0.3, -0.25) is 0 Å². The summed E-state index contributed by atoms with van der Waals surface area (Å²) in [6, 6.07) is 2.11. The van der Waals surface area contributed by atoms with Crippen LogP contribution in [0.4, 0.5) is 5.82 Å². The van der Waals surface area contributed by atoms with Crippen LogP contribution < -0.4 is 5.32 Å². The van der Waals surface area contributed by atoms with Crippen molar-refractivity contribution >= 4 is 23.1 Å². The zero-order valence-electron chi connectivity index (χ0n) is 11.5. The summed E-state index contributed by atoms with van der Waals surface area (Å²) in [6.07, 6.45) is 5.59. The number of hydrogen-bond acceptors (Lipinski definition) is 4. The number of thioether (sulfide) groups is 1. The third-order valence-corrected chi connectivity index (χ3v) is 3.74. The number of fused-ring (bicyclic) bond motifs is 1. The standard InChI is InChI=1S/C14H20N4S/c1-4-8-19-9-6-16-14-13-10-12(11(2)3)17-18(13)7-5-15-14/h4-5,7,10-11H,1,6,8-9H2,2-3H3,(H,15,16). The summed E-state index contributed by atoms with van der Waals surface area (Å²) in [5, 5.41) is 7.92. The predicted molar refractivity (Wildman–Crippen MR) is 83.1 cm³/mol. The minimum absolute atomic E-state index is 0.427. The summed E-state index contributed by atoms with van der Waals surface area (Å²) in [5.41, 5.74) is 2.14. The molecule has 5 heteroatoms. The lowest BCUT2D eigenvalue weighted by Gasteiger charge is -2.05. The molecule has 4 nitrogen and oxygen atoms in total. The molecule has 0 spiro atoms. The van der Waals surface area contributed by atoms with E-state index in [9.17, 15) is 0 Å². The Morgan fingerprint density at radius 2 is 2.37 bits per heavy atom. The number of aromatic nitrogens is 3. The molecule has 1 N–H and O–H groups in total. The summed E-state index contributed by atoms with van der Waals surface area (Å²) in [4.78, 5) is 4.40. The minimum Gasteiger partial charge on any atom is -0.367 e. The normalized spacial score (nSPS) is 11.1. The van der Waals surface area contributed by atoms with Gasteiger partial charge in [0.2, 0.25) is 0 Å². The van der Waals surface area contributed by atoms with Crippen LogP contribution in [-0.4, -0.2) is 32.6 Å². The molecule has 19 heavy (non-hydrogen) atoms. The van der Waals surface area contributed by atoms with E-state index in [4.69, 9.17) is 0 Å². The van der Waals surface area contributed by atoms with Crippen molar-refractivity contribution in [1.29, 1.82) is 0 Å². The van der Waals surface area contributed by atoms with Gasteiger partial charge in [0.25, 0.3) is 0 Å². The lowest BCUT2D eigenvalue weighted by Crippen LogP contribution is -2.07. The molecule has 2 aromatic rings. The Labute approximate surface area is 118 Å². The van der Waals surface area contributed by atoms with Gasteiger partial charge in [-0.05, 0) is 12.0 Å². The molecule has 0 aliphatic carbocycles. The largest absolute Gasteiger partial charge is 0.367 e. The van der Waals surface area contributed by atoms with Gasteiger partial charge in [-0.1, -0.05) is 19.9 Å². The maximum atomic E-state index is 4.55. The van der Waals surface area contributed by atoms with Crippen molar-refractivity contribution in [2.45, 2.75) is 19.8 Å². The number of nitrogens with zero attached hydrogens (tertiary/aromatic N) is 3. The van der Waals surface area contributed by atoms with Crippen LogP contribution in [0.2, 0.25) is 0 Å². The van der Waals surface area contributed by atoms with Crippen molar-refractivity contribution in [1.82, 2.24) is 14.6 Å². The van der Waals surface area contributed by atoms with Gasteiger partial charge in [-0.15, -0.1) is 6.58 Å². The van der Waals surface area contributed by atoms with E-state index < -0.39 is 0 Å². The van der Waals surface area contributed by atoms with Crippen LogP contribution in [0, 0.1) is 0 Å². The molecular weight excluding hydrogens is 256 g/mol. The second-order valence-electron chi connectivity index (χ2n) is 4.62. The van der Waals surface area contributed by atoms with Crippen molar-refractivity contribution in [3.63, 3.8) is 0 Å². The van der Waals surface area contributed by atoms with E-state index in [0.29, 0.717) is 5.92 Å². The van der Waals surface area contributed by atoms with Crippen molar-refractivity contribution in [3.8, 4) is 0 Å². The Morgan fingerprint density at radius 3 is 3.11 bits per heavy atom. The molecule has 0 aliphatic heterocycles. The lowest BCUT2D eigenvalue weighted by atomic mass is 10.1. The number of anilines is 1. The molecule has 0 atom stereocenters. The highest BCUT2D eigenvalue weighted by atomic mass is 32.2. The molecule has 0 fully saturated rings. The Morgan fingerprint density at radius 1 is 1.53 bits per heavy atom. The molecule has 0 saturated carbocycles. The average molecular weight is 276 g/mol. The van der Waals surface area contributed by atoms with E-state index in [0.717, 1.165) is 35.1 Å². The molecule has 0 radical (unpaired) electrons. The maximum Gasteiger partial charge on any atom is 0.152 e. The summed E-state index contributed by atoms with van der Waals surface area (Å²) < 4.78 is 1.89. The quantitative estimate of drug-likeness (QED) is 0.623. The minimum atomic E-state index is 0.427. The van der Waals surface area contributed by atoms with E-state index in [1.165, 1.54) is 0 Å². The Hall–Kier alpha value is -1.49. The molecular formula is C14H20N4S. The van der Waals surface area contributed by atoms with Gasteiger partial charge in [0, 0.05) is 30.4 Å². The van der Waals surface area contributed by atoms with Gasteiger partial charge in [-0.2, -0.15) is 16.9 Å². The molecule has 2 aromatic heterocycles. The van der Waals surface area contributed by atoms with Crippen LogP contribution in [0.5, 0.6) is 0 Å². The summed E-state index contributed by atoms with van der Waals surface area (Å²) >= 11 is 1.86. The van der Waals surface area contributed by atoms with E-state index in [-0.39, 0.29) is 0 Å². The van der Waals surface area contributed by atoms with E-state index >= 15 is 0 Å². The zero-order valence-corrected chi connectivity index (χ0v) is 12.3. The second kappa shape index (κ2) is 6.61. The van der Waals surface area contributed by atoms with Crippen LogP contribution in [0.25, 0.3) is 5.52 Å². The van der Waals surface area contributed by atoms with Gasteiger partial charge in [-0.25, -0.2) is 9.50 Å². The van der Waals surface area contributed by atoms with Crippen molar-refractivity contribution in [3.05, 3.63) is 36.8 Å². The Kier molecular flexibility index (Phi) is 4.85. The fourth-order valence-electron chi connectivity index (χ4n) is 1.77. The lowest BCUT2D eigenvalue weighted by molar-refractivity contribution is 0.787. The maximum absolute atomic E-state index is 4.55. The summed E-state index contributed by atoms with van der Waals surface area (Å²) in [7, 11) is 0. The van der Waals surface area contributed by atoms with Crippen LogP contribution in [-0.2, 0) is 0 Å². The zero-order chi connectivity index (χ0) is 13.7. The molecule has 0 aromatic carbocycles. The first-order valence-corrected chi connectivity index (χ1v) is 7.64. The first-order chi connectivity index (χ1) is 9.22. The highest BCUT2D eigenvalue weighted by Gasteiger charge is 2.09. The van der Waals surface area contributed by atoms with Crippen molar-refractivity contribution in [2.75, 3.05) is 23.4 Å². The highest BCUT2D eigenvalue weighted by Crippen LogP contribution is 2.19. The van der Waals surface area contributed by atoms with Gasteiger partial charge in [0.05, 0.1) is 5.69 Å². The van der Waals surface area contributed by atoms with Gasteiger partial charge < -0.3 is 5.32 Å². The van der Waals surface area contributed by atoms with E-state index in [1.54, 1.807) is 6.20 Å². The molecule has 0 unspecified atom stereocenters. The number of nitrogens with one attached hydrogen (secondary N) is 1. The summed E-state index contributed by atoms with van der Waals surface area (Å²) in [5.74, 6) is 3.36. The molecule has 0 amide bonds. The van der Waals surface area contributed by atoms with Crippen LogP contribution in [0.15, 0.2) is 31.1 Å². The molecule has 2 heterocycles. The SMILES string of the molecule is C=CCSCCNc1nccn2nc(C(C)C)cc12. The van der Waals surface area contributed by atoms with E-state index in [1.807, 2.05) is 28.6 Å².